The predicted octanol–water partition coefficient (Wildman–Crippen LogP) is 3.64. The van der Waals surface area contributed by atoms with E-state index in [0.717, 1.165) is 16.4 Å². The monoisotopic (exact) mass is 248 g/mol. The van der Waals surface area contributed by atoms with Crippen molar-refractivity contribution in [3.8, 4) is 5.75 Å². The number of phenols is 1. The molecule has 0 radical (unpaired) electrons. The Hall–Kier alpha value is -1.55. The van der Waals surface area contributed by atoms with Crippen LogP contribution in [-0.2, 0) is 0 Å². The predicted molar refractivity (Wildman–Crippen MR) is 71.7 cm³/mol. The van der Waals surface area contributed by atoms with Gasteiger partial charge in [-0.25, -0.2) is 4.98 Å². The Morgan fingerprint density at radius 1 is 1.35 bits per heavy atom. The van der Waals surface area contributed by atoms with Crippen LogP contribution in [0.2, 0.25) is 0 Å². The van der Waals surface area contributed by atoms with Gasteiger partial charge in [-0.05, 0) is 32.9 Å². The fourth-order valence-electron chi connectivity index (χ4n) is 1.86. The van der Waals surface area contributed by atoms with Crippen LogP contribution in [0, 0.1) is 13.8 Å². The molecule has 0 fully saturated rings. The lowest BCUT2D eigenvalue weighted by Crippen LogP contribution is -2.05. The van der Waals surface area contributed by atoms with Crippen molar-refractivity contribution in [1.29, 1.82) is 0 Å². The summed E-state index contributed by atoms with van der Waals surface area (Å²) in [6.45, 7) is 6.14. The minimum absolute atomic E-state index is 0.197. The second-order valence-corrected chi connectivity index (χ2v) is 5.33. The van der Waals surface area contributed by atoms with Gasteiger partial charge in [0.2, 0.25) is 0 Å². The number of nitrogens with zero attached hydrogens (tertiary/aromatic N) is 1. The number of aromatic nitrogens is 1. The topological polar surface area (TPSA) is 45.2 Å². The molecular formula is C13H16N2OS. The Morgan fingerprint density at radius 2 is 2.12 bits per heavy atom. The molecule has 2 aromatic rings. The number of hydrogen-bond donors (Lipinski definition) is 2. The third kappa shape index (κ3) is 2.77. The van der Waals surface area contributed by atoms with Crippen LogP contribution in [0.3, 0.4) is 0 Å². The number of aromatic hydroxyl groups is 1. The zero-order valence-electron chi connectivity index (χ0n) is 10.2. The van der Waals surface area contributed by atoms with Crippen molar-refractivity contribution in [2.24, 2.45) is 0 Å². The maximum Gasteiger partial charge on any atom is 0.117 e. The lowest BCUT2D eigenvalue weighted by atomic mass is 10.2. The third-order valence-corrected chi connectivity index (χ3v) is 3.82. The molecule has 0 aliphatic carbocycles. The lowest BCUT2D eigenvalue weighted by Gasteiger charge is -2.14. The van der Waals surface area contributed by atoms with Crippen LogP contribution in [0.25, 0.3) is 0 Å². The minimum atomic E-state index is 0.197. The summed E-state index contributed by atoms with van der Waals surface area (Å²) >= 11 is 1.71. The highest BCUT2D eigenvalue weighted by atomic mass is 32.1. The van der Waals surface area contributed by atoms with Crippen LogP contribution < -0.4 is 5.32 Å². The van der Waals surface area contributed by atoms with E-state index in [-0.39, 0.29) is 11.8 Å². The highest BCUT2D eigenvalue weighted by Gasteiger charge is 2.12. The molecule has 0 aliphatic heterocycles. The largest absolute Gasteiger partial charge is 0.508 e. The molecule has 0 spiro atoms. The van der Waals surface area contributed by atoms with Crippen molar-refractivity contribution in [2.75, 3.05) is 5.32 Å². The molecule has 1 unspecified atom stereocenters. The van der Waals surface area contributed by atoms with E-state index < -0.39 is 0 Å². The van der Waals surface area contributed by atoms with Gasteiger partial charge >= 0.3 is 0 Å². The lowest BCUT2D eigenvalue weighted by molar-refractivity contribution is 0.475. The number of nitrogens with one attached hydrogen (secondary N) is 1. The molecule has 0 saturated heterocycles. The number of anilines is 1. The summed E-state index contributed by atoms with van der Waals surface area (Å²) in [5.74, 6) is 0.277. The van der Waals surface area contributed by atoms with Gasteiger partial charge in [0.1, 0.15) is 5.75 Å². The van der Waals surface area contributed by atoms with Crippen molar-refractivity contribution in [2.45, 2.75) is 26.8 Å². The molecule has 2 rings (SSSR count). The maximum atomic E-state index is 9.41. The van der Waals surface area contributed by atoms with Crippen molar-refractivity contribution in [1.82, 2.24) is 4.98 Å². The average Bonchev–Trinajstić information content (AvgIpc) is 2.58. The first-order valence-corrected chi connectivity index (χ1v) is 6.37. The van der Waals surface area contributed by atoms with Crippen LogP contribution >= 0.6 is 11.3 Å². The summed E-state index contributed by atoms with van der Waals surface area (Å²) in [4.78, 5) is 5.66. The van der Waals surface area contributed by atoms with E-state index in [1.54, 1.807) is 23.5 Å². The standard InChI is InChI=1S/C13H16N2OS/c1-8-13(17-10(3)14-8)9(2)15-11-5-4-6-12(16)7-11/h4-7,9,15-16H,1-3H3. The number of thiazole rings is 1. The molecule has 2 N–H and O–H groups in total. The third-order valence-electron chi connectivity index (χ3n) is 2.56. The summed E-state index contributed by atoms with van der Waals surface area (Å²) in [5.41, 5.74) is 2.00. The molecular weight excluding hydrogens is 232 g/mol. The smallest absolute Gasteiger partial charge is 0.117 e. The maximum absolute atomic E-state index is 9.41. The Balaban J connectivity index is 2.16. The number of benzene rings is 1. The summed E-state index contributed by atoms with van der Waals surface area (Å²) in [6.07, 6.45) is 0. The first kappa shape index (κ1) is 11.9. The molecule has 1 heterocycles. The van der Waals surface area contributed by atoms with Crippen molar-refractivity contribution >= 4 is 17.0 Å². The SMILES string of the molecule is Cc1nc(C)c(C(C)Nc2cccc(O)c2)s1. The van der Waals surface area contributed by atoms with Gasteiger partial charge < -0.3 is 10.4 Å². The summed E-state index contributed by atoms with van der Waals surface area (Å²) < 4.78 is 0. The second kappa shape index (κ2) is 4.75. The highest BCUT2D eigenvalue weighted by molar-refractivity contribution is 7.11. The van der Waals surface area contributed by atoms with Crippen LogP contribution in [0.15, 0.2) is 24.3 Å². The first-order chi connectivity index (χ1) is 8.06. The molecule has 0 amide bonds. The quantitative estimate of drug-likeness (QED) is 0.871. The van der Waals surface area contributed by atoms with Crippen LogP contribution in [-0.4, -0.2) is 10.1 Å². The van der Waals surface area contributed by atoms with E-state index in [0.29, 0.717) is 0 Å². The highest BCUT2D eigenvalue weighted by Crippen LogP contribution is 2.28. The van der Waals surface area contributed by atoms with Crippen LogP contribution in [0.1, 0.15) is 28.5 Å². The van der Waals surface area contributed by atoms with E-state index in [1.807, 2.05) is 26.0 Å². The zero-order chi connectivity index (χ0) is 12.4. The number of aryl methyl sites for hydroxylation is 2. The molecule has 17 heavy (non-hydrogen) atoms. The minimum Gasteiger partial charge on any atom is -0.508 e. The molecule has 1 atom stereocenters. The van der Waals surface area contributed by atoms with E-state index in [2.05, 4.69) is 17.2 Å². The molecule has 3 nitrogen and oxygen atoms in total. The van der Waals surface area contributed by atoms with E-state index in [9.17, 15) is 5.11 Å². The van der Waals surface area contributed by atoms with E-state index >= 15 is 0 Å². The summed E-state index contributed by atoms with van der Waals surface area (Å²) in [7, 11) is 0. The van der Waals surface area contributed by atoms with Crippen molar-refractivity contribution < 1.29 is 5.11 Å². The van der Waals surface area contributed by atoms with Gasteiger partial charge in [-0.1, -0.05) is 6.07 Å². The van der Waals surface area contributed by atoms with Gasteiger partial charge in [-0.3, -0.25) is 0 Å². The van der Waals surface area contributed by atoms with Gasteiger partial charge in [0.25, 0.3) is 0 Å². The van der Waals surface area contributed by atoms with Crippen molar-refractivity contribution in [3.63, 3.8) is 0 Å². The Labute approximate surface area is 105 Å². The van der Waals surface area contributed by atoms with Gasteiger partial charge in [-0.2, -0.15) is 0 Å². The van der Waals surface area contributed by atoms with Gasteiger partial charge in [0.15, 0.2) is 0 Å². The average molecular weight is 248 g/mol. The van der Waals surface area contributed by atoms with Crippen molar-refractivity contribution in [3.05, 3.63) is 39.8 Å². The van der Waals surface area contributed by atoms with Gasteiger partial charge in [0, 0.05) is 16.6 Å². The molecule has 0 bridgehead atoms. The molecule has 4 heteroatoms. The second-order valence-electron chi connectivity index (χ2n) is 4.10. The van der Waals surface area contributed by atoms with Crippen LogP contribution in [0.4, 0.5) is 5.69 Å². The molecule has 1 aromatic carbocycles. The van der Waals surface area contributed by atoms with Crippen LogP contribution in [0.5, 0.6) is 5.75 Å². The summed E-state index contributed by atoms with van der Waals surface area (Å²) in [6, 6.07) is 7.36. The molecule has 1 aromatic heterocycles. The Morgan fingerprint density at radius 3 is 2.71 bits per heavy atom. The number of rotatable bonds is 3. The van der Waals surface area contributed by atoms with E-state index in [1.165, 1.54) is 4.88 Å². The van der Waals surface area contributed by atoms with E-state index in [4.69, 9.17) is 0 Å². The zero-order valence-corrected chi connectivity index (χ0v) is 11.0. The normalized spacial score (nSPS) is 12.4. The number of phenolic OH excluding ortho intramolecular Hbond substituents is 1. The molecule has 90 valence electrons. The Kier molecular flexibility index (Phi) is 3.33. The number of hydrogen-bond acceptors (Lipinski definition) is 4. The first-order valence-electron chi connectivity index (χ1n) is 5.56. The molecule has 0 aliphatic rings. The van der Waals surface area contributed by atoms with Gasteiger partial charge in [-0.15, -0.1) is 11.3 Å². The Bertz CT molecular complexity index is 522. The van der Waals surface area contributed by atoms with Gasteiger partial charge in [0.05, 0.1) is 16.7 Å². The fraction of sp³-hybridized carbons (Fsp3) is 0.308. The molecule has 0 saturated carbocycles. The summed E-state index contributed by atoms with van der Waals surface area (Å²) in [5, 5.41) is 13.9. The fourth-order valence-corrected chi connectivity index (χ4v) is 2.79.